The van der Waals surface area contributed by atoms with Gasteiger partial charge in [-0.05, 0) is 88.4 Å². The summed E-state index contributed by atoms with van der Waals surface area (Å²) in [5.41, 5.74) is 2.62. The van der Waals surface area contributed by atoms with E-state index in [0.717, 1.165) is 22.3 Å². The molecule has 36 heavy (non-hydrogen) atoms. The van der Waals surface area contributed by atoms with Gasteiger partial charge in [-0.1, -0.05) is 12.1 Å². The maximum absolute atomic E-state index is 13.1. The van der Waals surface area contributed by atoms with E-state index in [0.29, 0.717) is 6.42 Å². The summed E-state index contributed by atoms with van der Waals surface area (Å²) in [4.78, 5) is 42.1. The lowest BCUT2D eigenvalue weighted by atomic mass is 9.95. The number of hydrogen-bond acceptors (Lipinski definition) is 6. The molecule has 0 bridgehead atoms. The molecular formula is C27H36N4O5. The van der Waals surface area contributed by atoms with Crippen LogP contribution in [0.25, 0.3) is 0 Å². The summed E-state index contributed by atoms with van der Waals surface area (Å²) in [7, 11) is 0. The van der Waals surface area contributed by atoms with Gasteiger partial charge >= 0.3 is 6.09 Å². The molecular weight excluding hydrogens is 460 g/mol. The van der Waals surface area contributed by atoms with Gasteiger partial charge in [-0.3, -0.25) is 14.6 Å². The number of carbonyl (C=O) groups excluding carboxylic acids is 3. The molecule has 0 fully saturated rings. The number of alkyl carbamates (subject to hydrolysis) is 1. The number of nitrogens with one attached hydrogen (secondary N) is 3. The monoisotopic (exact) mass is 496 g/mol. The van der Waals surface area contributed by atoms with Crippen LogP contribution in [0.3, 0.4) is 0 Å². The number of carbonyl (C=O) groups is 3. The molecule has 0 spiro atoms. The van der Waals surface area contributed by atoms with Crippen molar-refractivity contribution < 1.29 is 24.2 Å². The van der Waals surface area contributed by atoms with Crippen molar-refractivity contribution in [3.8, 4) is 5.75 Å². The van der Waals surface area contributed by atoms with Crippen LogP contribution in [0.1, 0.15) is 49.9 Å². The minimum absolute atomic E-state index is 0.122. The van der Waals surface area contributed by atoms with Gasteiger partial charge in [-0.15, -0.1) is 0 Å². The van der Waals surface area contributed by atoms with Crippen molar-refractivity contribution in [2.24, 2.45) is 0 Å². The zero-order valence-electron chi connectivity index (χ0n) is 21.7. The molecule has 1 aromatic heterocycles. The van der Waals surface area contributed by atoms with Crippen LogP contribution in [0.2, 0.25) is 0 Å². The van der Waals surface area contributed by atoms with E-state index in [-0.39, 0.29) is 12.2 Å². The van der Waals surface area contributed by atoms with E-state index >= 15 is 0 Å². The molecule has 0 aliphatic rings. The van der Waals surface area contributed by atoms with E-state index in [2.05, 4.69) is 20.9 Å². The molecule has 1 unspecified atom stereocenters. The fraction of sp³-hybridized carbons (Fsp3) is 0.407. The van der Waals surface area contributed by atoms with Crippen LogP contribution < -0.4 is 16.0 Å². The summed E-state index contributed by atoms with van der Waals surface area (Å²) >= 11 is 0. The van der Waals surface area contributed by atoms with Crippen LogP contribution in [0.15, 0.2) is 48.9 Å². The number of hydrogen-bond donors (Lipinski definition) is 4. The maximum atomic E-state index is 13.1. The number of aryl methyl sites for hydroxylation is 2. The van der Waals surface area contributed by atoms with Gasteiger partial charge in [0.15, 0.2) is 0 Å². The van der Waals surface area contributed by atoms with Crippen molar-refractivity contribution in [2.75, 3.05) is 0 Å². The van der Waals surface area contributed by atoms with Crippen LogP contribution in [0.5, 0.6) is 5.75 Å². The molecule has 0 radical (unpaired) electrons. The Hall–Kier alpha value is -3.88. The minimum Gasteiger partial charge on any atom is -0.508 e. The lowest BCUT2D eigenvalue weighted by molar-refractivity contribution is -0.129. The van der Waals surface area contributed by atoms with E-state index in [1.807, 2.05) is 26.0 Å². The molecule has 2 aromatic rings. The van der Waals surface area contributed by atoms with Crippen molar-refractivity contribution in [3.05, 3.63) is 71.2 Å². The van der Waals surface area contributed by atoms with Gasteiger partial charge in [-0.2, -0.15) is 0 Å². The van der Waals surface area contributed by atoms with Gasteiger partial charge in [0.25, 0.3) is 0 Å². The Morgan fingerprint density at radius 3 is 2.36 bits per heavy atom. The second kappa shape index (κ2) is 12.7. The van der Waals surface area contributed by atoms with E-state index < -0.39 is 35.6 Å². The minimum atomic E-state index is -1.00. The Balaban J connectivity index is 2.07. The van der Waals surface area contributed by atoms with Crippen LogP contribution >= 0.6 is 0 Å². The van der Waals surface area contributed by atoms with Crippen LogP contribution in [-0.2, 0) is 27.2 Å². The third kappa shape index (κ3) is 9.40. The van der Waals surface area contributed by atoms with Crippen molar-refractivity contribution in [2.45, 2.75) is 72.1 Å². The summed E-state index contributed by atoms with van der Waals surface area (Å²) in [5.74, 6) is -0.815. The van der Waals surface area contributed by atoms with Crippen LogP contribution in [0.4, 0.5) is 4.79 Å². The zero-order valence-corrected chi connectivity index (χ0v) is 21.7. The molecule has 194 valence electrons. The van der Waals surface area contributed by atoms with Crippen molar-refractivity contribution in [1.82, 2.24) is 20.9 Å². The fourth-order valence-electron chi connectivity index (χ4n) is 3.52. The van der Waals surface area contributed by atoms with Crippen molar-refractivity contribution in [3.63, 3.8) is 0 Å². The number of nitrogens with zero attached hydrogens (tertiary/aromatic N) is 1. The van der Waals surface area contributed by atoms with Gasteiger partial charge in [0.1, 0.15) is 23.4 Å². The summed E-state index contributed by atoms with van der Waals surface area (Å²) in [6.07, 6.45) is 6.75. The number of allylic oxidation sites excluding steroid dienone is 1. The lowest BCUT2D eigenvalue weighted by Gasteiger charge is -2.25. The smallest absolute Gasteiger partial charge is 0.408 e. The Morgan fingerprint density at radius 2 is 1.78 bits per heavy atom. The predicted octanol–water partition coefficient (Wildman–Crippen LogP) is 3.22. The Kier molecular flexibility index (Phi) is 10.0. The van der Waals surface area contributed by atoms with E-state index in [4.69, 9.17) is 4.74 Å². The number of phenolic OH excluding ortho intramolecular Hbond substituents is 1. The summed E-state index contributed by atoms with van der Waals surface area (Å²) in [6, 6.07) is 5.10. The van der Waals surface area contributed by atoms with Gasteiger partial charge in [0.2, 0.25) is 11.8 Å². The van der Waals surface area contributed by atoms with Gasteiger partial charge in [-0.25, -0.2) is 4.79 Å². The molecule has 1 aromatic carbocycles. The second-order valence-electron chi connectivity index (χ2n) is 9.67. The maximum Gasteiger partial charge on any atom is 0.408 e. The molecule has 2 atom stereocenters. The number of aromatic nitrogens is 1. The third-order valence-corrected chi connectivity index (χ3v) is 5.27. The first-order valence-electron chi connectivity index (χ1n) is 11.8. The highest BCUT2D eigenvalue weighted by Crippen LogP contribution is 2.22. The van der Waals surface area contributed by atoms with E-state index in [9.17, 15) is 19.5 Å². The first-order valence-corrected chi connectivity index (χ1v) is 11.8. The molecule has 9 heteroatoms. The Bertz CT molecular complexity index is 1070. The molecule has 4 N–H and O–H groups in total. The third-order valence-electron chi connectivity index (χ3n) is 5.27. The molecule has 9 nitrogen and oxygen atoms in total. The molecule has 0 aliphatic carbocycles. The highest BCUT2D eigenvalue weighted by atomic mass is 16.6. The SMILES string of the molecule is Cc1cc(O)cc(C)c1CC(NC(=O)OC(C)(C)C)C(=O)N[C@H](C)C(=O)NC=CCc1cccnc1. The van der Waals surface area contributed by atoms with Crippen LogP contribution in [-0.4, -0.2) is 45.7 Å². The number of aromatic hydroxyl groups is 1. The number of phenols is 1. The van der Waals surface area contributed by atoms with Gasteiger partial charge < -0.3 is 25.8 Å². The highest BCUT2D eigenvalue weighted by molar-refractivity contribution is 5.91. The quantitative estimate of drug-likeness (QED) is 0.422. The number of pyridine rings is 1. The second-order valence-corrected chi connectivity index (χ2v) is 9.67. The fourth-order valence-corrected chi connectivity index (χ4v) is 3.52. The Morgan fingerprint density at radius 1 is 1.11 bits per heavy atom. The molecule has 0 saturated heterocycles. The molecule has 2 rings (SSSR count). The molecule has 3 amide bonds. The first kappa shape index (κ1) is 28.4. The molecule has 0 saturated carbocycles. The van der Waals surface area contributed by atoms with E-state index in [1.54, 1.807) is 58.3 Å². The zero-order chi connectivity index (χ0) is 26.9. The largest absolute Gasteiger partial charge is 0.508 e. The molecule has 1 heterocycles. The van der Waals surface area contributed by atoms with Gasteiger partial charge in [0, 0.05) is 25.0 Å². The standard InChI is InChI=1S/C27H36N4O5/c1-17-13-21(32)14-18(2)22(17)15-23(31-26(35)36-27(4,5)6)25(34)30-19(3)24(33)29-12-8-10-20-9-7-11-28-16-20/h7-9,11-14,16,19,23,32H,10,15H2,1-6H3,(H,29,33)(H,30,34)(H,31,35)/t19-,23?/m1/s1. The number of ether oxygens (including phenoxy) is 1. The number of benzene rings is 1. The van der Waals surface area contributed by atoms with E-state index in [1.165, 1.54) is 6.20 Å². The van der Waals surface area contributed by atoms with Crippen molar-refractivity contribution >= 4 is 17.9 Å². The van der Waals surface area contributed by atoms with Crippen LogP contribution in [0, 0.1) is 13.8 Å². The topological polar surface area (TPSA) is 130 Å². The summed E-state index contributed by atoms with van der Waals surface area (Å²) < 4.78 is 5.33. The van der Waals surface area contributed by atoms with Gasteiger partial charge in [0.05, 0.1) is 0 Å². The highest BCUT2D eigenvalue weighted by Gasteiger charge is 2.28. The lowest BCUT2D eigenvalue weighted by Crippen LogP contribution is -2.53. The number of amides is 3. The average molecular weight is 497 g/mol. The van der Waals surface area contributed by atoms with Crippen molar-refractivity contribution in [1.29, 1.82) is 0 Å². The summed E-state index contributed by atoms with van der Waals surface area (Å²) in [5, 5.41) is 17.8. The predicted molar refractivity (Wildman–Crippen MR) is 137 cm³/mol. The molecule has 0 aliphatic heterocycles. The first-order chi connectivity index (χ1) is 16.9. The normalized spacial score (nSPS) is 13.1. The summed E-state index contributed by atoms with van der Waals surface area (Å²) in [6.45, 7) is 10.4. The Labute approximate surface area is 212 Å². The number of rotatable bonds is 9. The average Bonchev–Trinajstić information content (AvgIpc) is 2.77.